The summed E-state index contributed by atoms with van der Waals surface area (Å²) in [6.45, 7) is 1.57. The SMILES string of the molecule is CC12OC1C(O)C1C(C2=O)C(=[N+]=[N-])C2C(=O)C3C(O)CCCC3C(=O)C21. The van der Waals surface area contributed by atoms with Crippen molar-refractivity contribution in [3.63, 3.8) is 0 Å². The Morgan fingerprint density at radius 3 is 2.54 bits per heavy atom. The van der Waals surface area contributed by atoms with Gasteiger partial charge in [0.15, 0.2) is 17.2 Å². The van der Waals surface area contributed by atoms with Crippen LogP contribution in [0, 0.1) is 35.5 Å². The molecule has 0 bridgehead atoms. The van der Waals surface area contributed by atoms with Gasteiger partial charge in [-0.3, -0.25) is 14.4 Å². The molecule has 1 aliphatic heterocycles. The maximum absolute atomic E-state index is 13.2. The molecule has 26 heavy (non-hydrogen) atoms. The Kier molecular flexibility index (Phi) is 3.13. The van der Waals surface area contributed by atoms with Crippen LogP contribution in [-0.2, 0) is 19.1 Å². The van der Waals surface area contributed by atoms with Crippen molar-refractivity contribution in [2.45, 2.75) is 50.1 Å². The molecule has 10 atom stereocenters. The molecular weight excluding hydrogens is 340 g/mol. The van der Waals surface area contributed by atoms with Crippen molar-refractivity contribution < 1.29 is 34.1 Å². The van der Waals surface area contributed by atoms with E-state index in [1.165, 1.54) is 0 Å². The van der Waals surface area contributed by atoms with Crippen LogP contribution < -0.4 is 0 Å². The van der Waals surface area contributed by atoms with Crippen LogP contribution in [0.4, 0.5) is 0 Å². The van der Waals surface area contributed by atoms with Gasteiger partial charge in [0.05, 0.1) is 18.1 Å². The zero-order valence-electron chi connectivity index (χ0n) is 14.2. The van der Waals surface area contributed by atoms with E-state index in [-0.39, 0.29) is 23.1 Å². The molecule has 138 valence electrons. The van der Waals surface area contributed by atoms with E-state index in [1.54, 1.807) is 6.92 Å². The highest BCUT2D eigenvalue weighted by atomic mass is 16.6. The molecule has 1 saturated heterocycles. The van der Waals surface area contributed by atoms with Crippen LogP contribution >= 0.6 is 0 Å². The number of epoxide rings is 1. The van der Waals surface area contributed by atoms with Crippen molar-refractivity contribution in [3.05, 3.63) is 5.53 Å². The molecule has 0 aromatic carbocycles. The number of hydrogen-bond acceptors (Lipinski definition) is 6. The monoisotopic (exact) mass is 360 g/mol. The third-order valence-electron chi connectivity index (χ3n) is 7.44. The predicted molar refractivity (Wildman–Crippen MR) is 83.7 cm³/mol. The lowest BCUT2D eigenvalue weighted by Gasteiger charge is -2.42. The van der Waals surface area contributed by atoms with Gasteiger partial charge in [0.2, 0.25) is 0 Å². The maximum Gasteiger partial charge on any atom is 0.290 e. The lowest BCUT2D eigenvalue weighted by atomic mass is 9.59. The third-order valence-corrected chi connectivity index (χ3v) is 7.44. The van der Waals surface area contributed by atoms with E-state index in [0.29, 0.717) is 19.3 Å². The summed E-state index contributed by atoms with van der Waals surface area (Å²) in [6, 6.07) is 0. The van der Waals surface area contributed by atoms with Crippen molar-refractivity contribution >= 4 is 23.1 Å². The first-order chi connectivity index (χ1) is 12.3. The van der Waals surface area contributed by atoms with Crippen LogP contribution in [0.2, 0.25) is 0 Å². The lowest BCUT2D eigenvalue weighted by Crippen LogP contribution is -2.55. The van der Waals surface area contributed by atoms with Gasteiger partial charge in [-0.2, -0.15) is 4.79 Å². The summed E-state index contributed by atoms with van der Waals surface area (Å²) in [6.07, 6.45) is -1.04. The number of aliphatic hydroxyl groups excluding tert-OH is 2. The topological polar surface area (TPSA) is 141 Å². The van der Waals surface area contributed by atoms with E-state index in [1.807, 2.05) is 0 Å². The number of nitrogens with zero attached hydrogens (tertiary/aromatic N) is 2. The van der Waals surface area contributed by atoms with E-state index in [2.05, 4.69) is 4.79 Å². The lowest BCUT2D eigenvalue weighted by molar-refractivity contribution is -0.156. The van der Waals surface area contributed by atoms with Crippen LogP contribution in [-0.4, -0.2) is 62.0 Å². The van der Waals surface area contributed by atoms with Crippen molar-refractivity contribution in [1.29, 1.82) is 0 Å². The number of ether oxygens (including phenoxy) is 1. The number of aliphatic hydroxyl groups is 2. The van der Waals surface area contributed by atoms with Gasteiger partial charge in [0.1, 0.15) is 23.7 Å². The molecule has 0 radical (unpaired) electrons. The zero-order valence-corrected chi connectivity index (χ0v) is 14.2. The predicted octanol–water partition coefficient (Wildman–Crippen LogP) is -0.834. The first-order valence-corrected chi connectivity index (χ1v) is 9.20. The van der Waals surface area contributed by atoms with Crippen molar-refractivity contribution in [2.75, 3.05) is 0 Å². The molecule has 0 amide bonds. The Morgan fingerprint density at radius 1 is 1.12 bits per heavy atom. The molecule has 4 saturated carbocycles. The zero-order chi connectivity index (χ0) is 18.5. The van der Waals surface area contributed by atoms with Gasteiger partial charge in [0.25, 0.3) is 5.71 Å². The first-order valence-electron chi connectivity index (χ1n) is 9.20. The summed E-state index contributed by atoms with van der Waals surface area (Å²) in [5, 5.41) is 21.1. The summed E-state index contributed by atoms with van der Waals surface area (Å²) >= 11 is 0. The molecule has 0 aromatic heterocycles. The van der Waals surface area contributed by atoms with Gasteiger partial charge in [-0.25, -0.2) is 0 Å². The van der Waals surface area contributed by atoms with Crippen LogP contribution in [0.25, 0.3) is 5.53 Å². The minimum Gasteiger partial charge on any atom is -0.392 e. The average molecular weight is 360 g/mol. The Balaban J connectivity index is 1.65. The second-order valence-corrected chi connectivity index (χ2v) is 8.52. The van der Waals surface area contributed by atoms with E-state index >= 15 is 0 Å². The molecule has 8 nitrogen and oxygen atoms in total. The van der Waals surface area contributed by atoms with Gasteiger partial charge < -0.3 is 20.5 Å². The summed E-state index contributed by atoms with van der Waals surface area (Å²) in [7, 11) is 0. The van der Waals surface area contributed by atoms with Gasteiger partial charge in [0, 0.05) is 17.8 Å². The van der Waals surface area contributed by atoms with E-state index in [9.17, 15) is 30.1 Å². The van der Waals surface area contributed by atoms with Crippen LogP contribution in [0.5, 0.6) is 0 Å². The highest BCUT2D eigenvalue weighted by molar-refractivity contribution is 6.21. The number of ketones is 3. The molecule has 8 heteroatoms. The minimum absolute atomic E-state index is 0.0474. The molecular formula is C18H20N2O6. The smallest absolute Gasteiger partial charge is 0.290 e. The standard InChI is InChI=1S/C18H20N2O6/c1-18-16(25)11-9(15(24)17(18)26-18)8-10(12(11)20-19)14(23)7-5(13(8)22)3-2-4-6(7)21/h5-11,15,17,21,24H,2-4H2,1H3. The van der Waals surface area contributed by atoms with Crippen molar-refractivity contribution in [3.8, 4) is 0 Å². The van der Waals surface area contributed by atoms with E-state index in [0.717, 1.165) is 0 Å². The molecule has 5 fully saturated rings. The van der Waals surface area contributed by atoms with Gasteiger partial charge in [-0.05, 0) is 19.8 Å². The minimum atomic E-state index is -1.15. The van der Waals surface area contributed by atoms with E-state index in [4.69, 9.17) is 4.74 Å². The molecule has 0 spiro atoms. The van der Waals surface area contributed by atoms with Gasteiger partial charge in [-0.1, -0.05) is 6.42 Å². The van der Waals surface area contributed by atoms with Crippen molar-refractivity contribution in [2.24, 2.45) is 35.5 Å². The summed E-state index contributed by atoms with van der Waals surface area (Å²) < 4.78 is 5.41. The molecule has 4 aliphatic carbocycles. The summed E-state index contributed by atoms with van der Waals surface area (Å²) in [4.78, 5) is 42.6. The fraction of sp³-hybridized carbons (Fsp3) is 0.778. The Morgan fingerprint density at radius 2 is 1.85 bits per heavy atom. The number of carbonyl (C=O) groups excluding carboxylic acids is 3. The number of fused-ring (bicyclic) bond motifs is 5. The number of carbonyl (C=O) groups is 3. The first kappa shape index (κ1) is 16.4. The van der Waals surface area contributed by atoms with E-state index < -0.39 is 59.4 Å². The van der Waals surface area contributed by atoms with Crippen LogP contribution in [0.3, 0.4) is 0 Å². The highest BCUT2D eigenvalue weighted by Crippen LogP contribution is 2.59. The Hall–Kier alpha value is -1.73. The Labute approximate surface area is 149 Å². The van der Waals surface area contributed by atoms with Gasteiger partial charge >= 0.3 is 0 Å². The molecule has 1 heterocycles. The normalized spacial score (nSPS) is 54.8. The Bertz CT molecular complexity index is 804. The average Bonchev–Trinajstić information content (AvgIpc) is 3.20. The molecule has 10 unspecified atom stereocenters. The largest absolute Gasteiger partial charge is 0.392 e. The van der Waals surface area contributed by atoms with Crippen LogP contribution in [0.1, 0.15) is 26.2 Å². The number of rotatable bonds is 0. The fourth-order valence-corrected chi connectivity index (χ4v) is 6.19. The van der Waals surface area contributed by atoms with Crippen molar-refractivity contribution in [1.82, 2.24) is 0 Å². The second-order valence-electron chi connectivity index (χ2n) is 8.52. The second kappa shape index (κ2) is 4.95. The number of hydrogen-bond donors (Lipinski definition) is 2. The summed E-state index contributed by atoms with van der Waals surface area (Å²) in [5.41, 5.74) is 8.39. The number of Topliss-reactive ketones (excluding diaryl/α,β-unsaturated/α-hetero) is 3. The van der Waals surface area contributed by atoms with Gasteiger partial charge in [-0.15, -0.1) is 0 Å². The maximum atomic E-state index is 13.2. The fourth-order valence-electron chi connectivity index (χ4n) is 6.19. The third kappa shape index (κ3) is 1.69. The highest BCUT2D eigenvalue weighted by Gasteiger charge is 2.78. The summed E-state index contributed by atoms with van der Waals surface area (Å²) in [5.74, 6) is -6.05. The molecule has 5 aliphatic rings. The molecule has 2 N–H and O–H groups in total. The quantitative estimate of drug-likeness (QED) is 0.328. The molecule has 0 aromatic rings. The van der Waals surface area contributed by atoms with Crippen LogP contribution in [0.15, 0.2) is 0 Å². The molecule has 5 rings (SSSR count).